The summed E-state index contributed by atoms with van der Waals surface area (Å²) in [5, 5.41) is 10.9. The van der Waals surface area contributed by atoms with Crippen LogP contribution in [0.4, 0.5) is 5.69 Å². The van der Waals surface area contributed by atoms with Crippen molar-refractivity contribution in [2.75, 3.05) is 0 Å². The van der Waals surface area contributed by atoms with Crippen LogP contribution in [-0.2, 0) is 0 Å². The van der Waals surface area contributed by atoms with Gasteiger partial charge in [-0.2, -0.15) is 0 Å². The highest BCUT2D eigenvalue weighted by Gasteiger charge is 2.05. The van der Waals surface area contributed by atoms with Crippen LogP contribution in [0.2, 0.25) is 0 Å². The lowest BCUT2D eigenvalue weighted by molar-refractivity contribution is -0.384. The fourth-order valence-electron chi connectivity index (χ4n) is 1.32. The van der Waals surface area contributed by atoms with Crippen molar-refractivity contribution >= 4 is 41.5 Å². The van der Waals surface area contributed by atoms with Gasteiger partial charge in [0.2, 0.25) is 5.11 Å². The SMILES string of the molecule is O=[N+]([O-])c1cccc(C=C2C=NC(=S)N=C2)c1. The predicted molar refractivity (Wildman–Crippen MR) is 70.7 cm³/mol. The van der Waals surface area contributed by atoms with Crippen molar-refractivity contribution in [3.05, 3.63) is 45.5 Å². The normalized spacial score (nSPS) is 13.9. The van der Waals surface area contributed by atoms with E-state index in [0.29, 0.717) is 0 Å². The molecule has 0 aliphatic carbocycles. The van der Waals surface area contributed by atoms with E-state index in [1.807, 2.05) is 0 Å². The van der Waals surface area contributed by atoms with Crippen LogP contribution in [0.25, 0.3) is 6.08 Å². The van der Waals surface area contributed by atoms with Crippen LogP contribution in [0.5, 0.6) is 0 Å². The van der Waals surface area contributed by atoms with Gasteiger partial charge in [0.05, 0.1) is 4.92 Å². The van der Waals surface area contributed by atoms with Gasteiger partial charge in [-0.3, -0.25) is 10.1 Å². The smallest absolute Gasteiger partial charge is 0.258 e. The second-order valence-corrected chi connectivity index (χ2v) is 3.66. The number of aliphatic imine (C=N–C) groups is 2. The molecule has 0 saturated heterocycles. The van der Waals surface area contributed by atoms with E-state index in [4.69, 9.17) is 12.2 Å². The summed E-state index contributed by atoms with van der Waals surface area (Å²) in [6.07, 6.45) is 4.91. The number of nitro benzene ring substituents is 1. The van der Waals surface area contributed by atoms with Crippen molar-refractivity contribution in [3.8, 4) is 0 Å². The van der Waals surface area contributed by atoms with Crippen molar-refractivity contribution in [2.24, 2.45) is 9.98 Å². The number of nitrogens with zero attached hydrogens (tertiary/aromatic N) is 3. The third kappa shape index (κ3) is 2.88. The topological polar surface area (TPSA) is 67.9 Å². The minimum absolute atomic E-state index is 0.0551. The minimum atomic E-state index is -0.430. The number of hydrogen-bond donors (Lipinski definition) is 0. The quantitative estimate of drug-likeness (QED) is 0.456. The Morgan fingerprint density at radius 1 is 1.29 bits per heavy atom. The molecule has 1 aromatic rings. The summed E-state index contributed by atoms with van der Waals surface area (Å²) in [6.45, 7) is 0. The molecule has 0 bridgehead atoms. The zero-order chi connectivity index (χ0) is 12.3. The molecule has 0 fully saturated rings. The third-order valence-electron chi connectivity index (χ3n) is 2.06. The van der Waals surface area contributed by atoms with E-state index < -0.39 is 4.92 Å². The van der Waals surface area contributed by atoms with Gasteiger partial charge in [0.25, 0.3) is 5.69 Å². The Bertz CT molecular complexity index is 558. The highest BCUT2D eigenvalue weighted by molar-refractivity contribution is 7.80. The summed E-state index contributed by atoms with van der Waals surface area (Å²) in [6, 6.07) is 6.34. The van der Waals surface area contributed by atoms with Crippen molar-refractivity contribution in [1.82, 2.24) is 0 Å². The van der Waals surface area contributed by atoms with Crippen LogP contribution >= 0.6 is 12.2 Å². The summed E-state index contributed by atoms with van der Waals surface area (Å²) in [5.74, 6) is 0. The van der Waals surface area contributed by atoms with Crippen LogP contribution in [0, 0.1) is 10.1 Å². The first-order chi connectivity index (χ1) is 8.15. The molecule has 1 aliphatic rings. The summed E-state index contributed by atoms with van der Waals surface area (Å²) >= 11 is 4.77. The van der Waals surface area contributed by atoms with Crippen molar-refractivity contribution in [1.29, 1.82) is 0 Å². The zero-order valence-electron chi connectivity index (χ0n) is 8.61. The van der Waals surface area contributed by atoms with Gasteiger partial charge in [-0.25, -0.2) is 9.98 Å². The van der Waals surface area contributed by atoms with Gasteiger partial charge in [-0.05, 0) is 23.9 Å². The van der Waals surface area contributed by atoms with E-state index in [1.165, 1.54) is 12.1 Å². The molecule has 0 spiro atoms. The molecule has 6 heteroatoms. The van der Waals surface area contributed by atoms with Gasteiger partial charge in [0.1, 0.15) is 0 Å². The maximum atomic E-state index is 10.6. The monoisotopic (exact) mass is 245 g/mol. The Kier molecular flexibility index (Phi) is 3.15. The first-order valence-corrected chi connectivity index (χ1v) is 5.14. The standard InChI is InChI=1S/C11H7N3O2S/c15-14(16)10-3-1-2-8(5-10)4-9-6-12-11(17)13-7-9/h1-7H. The van der Waals surface area contributed by atoms with E-state index in [1.54, 1.807) is 30.6 Å². The summed E-state index contributed by atoms with van der Waals surface area (Å²) in [4.78, 5) is 17.9. The summed E-state index contributed by atoms with van der Waals surface area (Å²) in [7, 11) is 0. The molecular weight excluding hydrogens is 238 g/mol. The van der Waals surface area contributed by atoms with Gasteiger partial charge >= 0.3 is 0 Å². The molecule has 0 saturated carbocycles. The van der Waals surface area contributed by atoms with Gasteiger partial charge in [0.15, 0.2) is 0 Å². The van der Waals surface area contributed by atoms with Crippen LogP contribution in [0.15, 0.2) is 39.8 Å². The lowest BCUT2D eigenvalue weighted by atomic mass is 10.1. The zero-order valence-corrected chi connectivity index (χ0v) is 9.42. The molecular formula is C11H7N3O2S. The first-order valence-electron chi connectivity index (χ1n) is 4.73. The second-order valence-electron chi connectivity index (χ2n) is 3.30. The lowest BCUT2D eigenvalue weighted by Gasteiger charge is -2.00. The number of allylic oxidation sites excluding steroid dienone is 1. The maximum Gasteiger partial charge on any atom is 0.270 e. The number of thiocarbonyl (C=S) groups is 1. The molecule has 0 radical (unpaired) electrons. The van der Waals surface area contributed by atoms with E-state index >= 15 is 0 Å². The van der Waals surface area contributed by atoms with E-state index in [0.717, 1.165) is 11.1 Å². The minimum Gasteiger partial charge on any atom is -0.258 e. The molecule has 1 aliphatic heterocycles. The first kappa shape index (κ1) is 11.3. The van der Waals surface area contributed by atoms with Crippen molar-refractivity contribution in [3.63, 3.8) is 0 Å². The Hall–Kier alpha value is -2.21. The predicted octanol–water partition coefficient (Wildman–Crippen LogP) is 2.42. The molecule has 0 amide bonds. The highest BCUT2D eigenvalue weighted by Crippen LogP contribution is 2.15. The molecule has 5 nitrogen and oxygen atoms in total. The third-order valence-corrected chi connectivity index (χ3v) is 2.27. The van der Waals surface area contributed by atoms with Crippen LogP contribution in [-0.4, -0.2) is 22.5 Å². The van der Waals surface area contributed by atoms with E-state index in [9.17, 15) is 10.1 Å². The van der Waals surface area contributed by atoms with Crippen molar-refractivity contribution in [2.45, 2.75) is 0 Å². The number of rotatable bonds is 2. The Morgan fingerprint density at radius 2 is 2.00 bits per heavy atom. The average molecular weight is 245 g/mol. The molecule has 0 N–H and O–H groups in total. The Balaban J connectivity index is 2.30. The van der Waals surface area contributed by atoms with Gasteiger partial charge in [-0.1, -0.05) is 12.1 Å². The summed E-state index contributed by atoms with van der Waals surface area (Å²) in [5.41, 5.74) is 1.53. The second kappa shape index (κ2) is 4.75. The summed E-state index contributed by atoms with van der Waals surface area (Å²) < 4.78 is 0. The van der Waals surface area contributed by atoms with E-state index in [-0.39, 0.29) is 10.8 Å². The lowest BCUT2D eigenvalue weighted by Crippen LogP contribution is -1.98. The Morgan fingerprint density at radius 3 is 2.65 bits per heavy atom. The molecule has 1 heterocycles. The van der Waals surface area contributed by atoms with Crippen LogP contribution in [0.1, 0.15) is 5.56 Å². The maximum absolute atomic E-state index is 10.6. The van der Waals surface area contributed by atoms with Crippen molar-refractivity contribution < 1.29 is 4.92 Å². The van der Waals surface area contributed by atoms with Gasteiger partial charge < -0.3 is 0 Å². The molecule has 0 aromatic heterocycles. The number of benzene rings is 1. The number of hydrogen-bond acceptors (Lipinski definition) is 3. The fourth-order valence-corrected chi connectivity index (χ4v) is 1.43. The fraction of sp³-hybridized carbons (Fsp3) is 0. The number of non-ortho nitro benzene ring substituents is 1. The highest BCUT2D eigenvalue weighted by atomic mass is 32.1. The van der Waals surface area contributed by atoms with Crippen LogP contribution in [0.3, 0.4) is 0 Å². The van der Waals surface area contributed by atoms with Gasteiger partial charge in [-0.15, -0.1) is 0 Å². The number of nitro groups is 1. The molecule has 1 aromatic carbocycles. The van der Waals surface area contributed by atoms with Gasteiger partial charge in [0, 0.05) is 30.1 Å². The molecule has 2 rings (SSSR count). The van der Waals surface area contributed by atoms with E-state index in [2.05, 4.69) is 9.98 Å². The molecule has 0 atom stereocenters. The largest absolute Gasteiger partial charge is 0.270 e. The average Bonchev–Trinajstić information content (AvgIpc) is 2.32. The Labute approximate surface area is 102 Å². The molecule has 17 heavy (non-hydrogen) atoms. The molecule has 84 valence electrons. The molecule has 0 unspecified atom stereocenters. The van der Waals surface area contributed by atoms with Crippen LogP contribution < -0.4 is 0 Å².